The number of allylic oxidation sites excluding steroid dienone is 2. The molecule has 0 fully saturated rings. The highest BCUT2D eigenvalue weighted by molar-refractivity contribution is 5.80. The average Bonchev–Trinajstić information content (AvgIpc) is 2.86. The van der Waals surface area contributed by atoms with Crippen molar-refractivity contribution in [2.24, 2.45) is 0 Å². The van der Waals surface area contributed by atoms with Gasteiger partial charge >= 0.3 is 0 Å². The molecule has 4 N–H and O–H groups in total. The summed E-state index contributed by atoms with van der Waals surface area (Å²) in [5.74, 6) is -0.509. The molecule has 0 saturated carbocycles. The zero-order valence-corrected chi connectivity index (χ0v) is 23.2. The molecule has 0 aromatic carbocycles. The van der Waals surface area contributed by atoms with Crippen molar-refractivity contribution in [1.29, 1.82) is 0 Å². The van der Waals surface area contributed by atoms with Crippen LogP contribution < -0.4 is 5.32 Å². The van der Waals surface area contributed by atoms with Crippen LogP contribution in [0.3, 0.4) is 0 Å². The van der Waals surface area contributed by atoms with Crippen molar-refractivity contribution in [3.63, 3.8) is 0 Å². The van der Waals surface area contributed by atoms with Crippen molar-refractivity contribution in [2.75, 3.05) is 6.61 Å². The third-order valence-corrected chi connectivity index (χ3v) is 6.89. The summed E-state index contributed by atoms with van der Waals surface area (Å²) in [6.07, 6.45) is 26.3. The third kappa shape index (κ3) is 22.0. The molecule has 0 rings (SSSR count). The Morgan fingerprint density at radius 3 is 1.63 bits per heavy atom. The molecule has 5 heteroatoms. The van der Waals surface area contributed by atoms with Crippen LogP contribution in [-0.2, 0) is 4.79 Å². The van der Waals surface area contributed by atoms with Crippen molar-refractivity contribution < 1.29 is 20.1 Å². The number of rotatable bonds is 26. The maximum atomic E-state index is 12.2. The lowest BCUT2D eigenvalue weighted by Gasteiger charge is -2.23. The monoisotopic (exact) mass is 497 g/mol. The second kappa shape index (κ2) is 26.2. The van der Waals surface area contributed by atoms with Crippen LogP contribution in [0.4, 0.5) is 0 Å². The summed E-state index contributed by atoms with van der Waals surface area (Å²) >= 11 is 0. The molecule has 0 radical (unpaired) electrons. The van der Waals surface area contributed by atoms with Crippen LogP contribution in [0.2, 0.25) is 0 Å². The number of aliphatic hydroxyl groups excluding tert-OH is 3. The summed E-state index contributed by atoms with van der Waals surface area (Å²) in [5, 5.41) is 32.7. The number of hydrogen-bond donors (Lipinski definition) is 4. The SMILES string of the molecule is CCCCCC/C=C\CCC(O)C(=O)NC(CO)C(O)CCCCCCCCCCCCCCC. The fourth-order valence-corrected chi connectivity index (χ4v) is 4.42. The van der Waals surface area contributed by atoms with Crippen LogP contribution in [0.15, 0.2) is 12.2 Å². The third-order valence-electron chi connectivity index (χ3n) is 6.89. The Labute approximate surface area is 217 Å². The van der Waals surface area contributed by atoms with E-state index >= 15 is 0 Å². The van der Waals surface area contributed by atoms with E-state index in [1.165, 1.54) is 96.3 Å². The summed E-state index contributed by atoms with van der Waals surface area (Å²) in [6, 6.07) is -0.719. The lowest BCUT2D eigenvalue weighted by atomic mass is 10.0. The topological polar surface area (TPSA) is 89.8 Å². The van der Waals surface area contributed by atoms with Gasteiger partial charge < -0.3 is 20.6 Å². The number of unbranched alkanes of at least 4 members (excludes halogenated alkanes) is 16. The Bertz CT molecular complexity index is 483. The largest absolute Gasteiger partial charge is 0.394 e. The Morgan fingerprint density at radius 1 is 0.657 bits per heavy atom. The highest BCUT2D eigenvalue weighted by Crippen LogP contribution is 2.14. The highest BCUT2D eigenvalue weighted by Gasteiger charge is 2.23. The normalized spacial score (nSPS) is 14.3. The molecule has 0 aromatic heterocycles. The average molecular weight is 498 g/mol. The molecule has 0 saturated heterocycles. The summed E-state index contributed by atoms with van der Waals surface area (Å²) in [5.41, 5.74) is 0. The molecular formula is C30H59NO4. The predicted molar refractivity (Wildman–Crippen MR) is 148 cm³/mol. The first-order chi connectivity index (χ1) is 17.1. The van der Waals surface area contributed by atoms with E-state index in [-0.39, 0.29) is 6.61 Å². The maximum absolute atomic E-state index is 12.2. The van der Waals surface area contributed by atoms with Gasteiger partial charge in [0.25, 0.3) is 0 Å². The number of nitrogens with one attached hydrogen (secondary N) is 1. The van der Waals surface area contributed by atoms with E-state index in [9.17, 15) is 20.1 Å². The molecule has 3 unspecified atom stereocenters. The lowest BCUT2D eigenvalue weighted by molar-refractivity contribution is -0.131. The number of aliphatic hydroxyl groups is 3. The first-order valence-corrected chi connectivity index (χ1v) is 15.0. The Balaban J connectivity index is 3.79. The van der Waals surface area contributed by atoms with E-state index < -0.39 is 24.2 Å². The zero-order chi connectivity index (χ0) is 26.0. The molecule has 0 spiro atoms. The molecule has 0 aliphatic heterocycles. The van der Waals surface area contributed by atoms with Crippen molar-refractivity contribution in [1.82, 2.24) is 5.32 Å². The van der Waals surface area contributed by atoms with E-state index in [1.807, 2.05) is 6.08 Å². The van der Waals surface area contributed by atoms with Crippen LogP contribution >= 0.6 is 0 Å². The van der Waals surface area contributed by atoms with Gasteiger partial charge in [-0.3, -0.25) is 4.79 Å². The number of carbonyl (C=O) groups is 1. The van der Waals surface area contributed by atoms with Crippen LogP contribution in [0, 0.1) is 0 Å². The van der Waals surface area contributed by atoms with Crippen LogP contribution in [0.5, 0.6) is 0 Å². The minimum Gasteiger partial charge on any atom is -0.394 e. The summed E-state index contributed by atoms with van der Waals surface area (Å²) in [4.78, 5) is 12.2. The summed E-state index contributed by atoms with van der Waals surface area (Å²) in [7, 11) is 0. The summed E-state index contributed by atoms with van der Waals surface area (Å²) < 4.78 is 0. The second-order valence-corrected chi connectivity index (χ2v) is 10.3. The number of carbonyl (C=O) groups excluding carboxylic acids is 1. The minimum absolute atomic E-state index is 0.324. The van der Waals surface area contributed by atoms with E-state index in [2.05, 4.69) is 25.2 Å². The lowest BCUT2D eigenvalue weighted by Crippen LogP contribution is -2.49. The van der Waals surface area contributed by atoms with Gasteiger partial charge in [0.2, 0.25) is 5.91 Å². The van der Waals surface area contributed by atoms with Gasteiger partial charge in [-0.2, -0.15) is 0 Å². The minimum atomic E-state index is -1.11. The zero-order valence-electron chi connectivity index (χ0n) is 23.2. The molecular weight excluding hydrogens is 438 g/mol. The first kappa shape index (κ1) is 34.1. The quantitative estimate of drug-likeness (QED) is 0.0767. The predicted octanol–water partition coefficient (Wildman–Crippen LogP) is 6.97. The molecule has 0 heterocycles. The Hall–Kier alpha value is -0.910. The Morgan fingerprint density at radius 2 is 1.11 bits per heavy atom. The van der Waals surface area contributed by atoms with Gasteiger partial charge in [-0.25, -0.2) is 0 Å². The molecule has 0 bridgehead atoms. The fraction of sp³-hybridized carbons (Fsp3) is 0.900. The van der Waals surface area contributed by atoms with E-state index in [1.54, 1.807) is 0 Å². The number of hydrogen-bond acceptors (Lipinski definition) is 4. The second-order valence-electron chi connectivity index (χ2n) is 10.3. The fourth-order valence-electron chi connectivity index (χ4n) is 4.42. The summed E-state index contributed by atoms with van der Waals surface area (Å²) in [6.45, 7) is 4.13. The van der Waals surface area contributed by atoms with E-state index in [0.29, 0.717) is 19.3 Å². The van der Waals surface area contributed by atoms with Gasteiger partial charge in [-0.1, -0.05) is 129 Å². The first-order valence-electron chi connectivity index (χ1n) is 15.0. The van der Waals surface area contributed by atoms with Gasteiger partial charge in [0.05, 0.1) is 18.8 Å². The number of amides is 1. The van der Waals surface area contributed by atoms with Crippen molar-refractivity contribution >= 4 is 5.91 Å². The van der Waals surface area contributed by atoms with Crippen molar-refractivity contribution in [2.45, 2.75) is 167 Å². The molecule has 208 valence electrons. The van der Waals surface area contributed by atoms with Crippen molar-refractivity contribution in [3.8, 4) is 0 Å². The van der Waals surface area contributed by atoms with Crippen LogP contribution in [-0.4, -0.2) is 46.1 Å². The standard InChI is InChI=1S/C30H59NO4/c1-3-5-7-9-11-13-14-15-16-17-19-20-22-24-28(33)27(26-32)31-30(35)29(34)25-23-21-18-12-10-8-6-4-2/h18,21,27-29,32-34H,3-17,19-20,22-26H2,1-2H3,(H,31,35)/b21-18-. The maximum Gasteiger partial charge on any atom is 0.249 e. The molecule has 0 aliphatic rings. The molecule has 3 atom stereocenters. The van der Waals surface area contributed by atoms with Crippen LogP contribution in [0.1, 0.15) is 149 Å². The molecule has 0 aromatic rings. The van der Waals surface area contributed by atoms with Gasteiger partial charge in [-0.15, -0.1) is 0 Å². The molecule has 35 heavy (non-hydrogen) atoms. The Kier molecular flexibility index (Phi) is 25.5. The van der Waals surface area contributed by atoms with Gasteiger partial charge in [-0.05, 0) is 32.1 Å². The van der Waals surface area contributed by atoms with E-state index in [4.69, 9.17) is 0 Å². The smallest absolute Gasteiger partial charge is 0.249 e. The van der Waals surface area contributed by atoms with Crippen molar-refractivity contribution in [3.05, 3.63) is 12.2 Å². The molecule has 1 amide bonds. The van der Waals surface area contributed by atoms with Gasteiger partial charge in [0.1, 0.15) is 6.10 Å². The molecule has 5 nitrogen and oxygen atoms in total. The van der Waals surface area contributed by atoms with E-state index in [0.717, 1.165) is 19.3 Å². The van der Waals surface area contributed by atoms with Crippen LogP contribution in [0.25, 0.3) is 0 Å². The molecule has 0 aliphatic carbocycles. The van der Waals surface area contributed by atoms with Gasteiger partial charge in [0.15, 0.2) is 0 Å². The van der Waals surface area contributed by atoms with Gasteiger partial charge in [0, 0.05) is 0 Å². The highest BCUT2D eigenvalue weighted by atomic mass is 16.3.